The molecule has 1 aliphatic rings. The molecular formula is C17H24N8O. The molecule has 0 aromatic carbocycles. The van der Waals surface area contributed by atoms with E-state index in [2.05, 4.69) is 25.7 Å². The summed E-state index contributed by atoms with van der Waals surface area (Å²) in [4.78, 5) is 8.94. The third-order valence-electron chi connectivity index (χ3n) is 4.30. The second-order valence-corrected chi connectivity index (χ2v) is 6.02. The highest BCUT2D eigenvalue weighted by Crippen LogP contribution is 2.35. The normalized spacial score (nSPS) is 19.9. The maximum atomic E-state index is 6.63. The summed E-state index contributed by atoms with van der Waals surface area (Å²) in [6.45, 7) is 2.82. The number of nitrogens with two attached hydrogens (primary N) is 2. The van der Waals surface area contributed by atoms with Gasteiger partial charge in [-0.15, -0.1) is 0 Å². The molecule has 0 radical (unpaired) electrons. The van der Waals surface area contributed by atoms with Crippen molar-refractivity contribution in [3.63, 3.8) is 0 Å². The number of aryl methyl sites for hydroxylation is 1. The smallest absolute Gasteiger partial charge is 0.158 e. The number of allylic oxidation sites excluding steroid dienone is 1. The Morgan fingerprint density at radius 2 is 2.23 bits per heavy atom. The first-order valence-electron chi connectivity index (χ1n) is 8.34. The molecule has 2 aromatic heterocycles. The second-order valence-electron chi connectivity index (χ2n) is 6.02. The molecule has 1 unspecified atom stereocenters. The molecule has 2 aromatic rings. The zero-order valence-electron chi connectivity index (χ0n) is 15.2. The van der Waals surface area contributed by atoms with Crippen LogP contribution in [0, 0.1) is 0 Å². The maximum absolute atomic E-state index is 6.63. The Morgan fingerprint density at radius 1 is 1.42 bits per heavy atom. The summed E-state index contributed by atoms with van der Waals surface area (Å²) in [7, 11) is 3.37. The maximum Gasteiger partial charge on any atom is 0.158 e. The van der Waals surface area contributed by atoms with Gasteiger partial charge in [-0.05, 0) is 13.0 Å². The van der Waals surface area contributed by atoms with E-state index in [1.54, 1.807) is 38.7 Å². The number of methoxy groups -OCH3 is 1. The summed E-state index contributed by atoms with van der Waals surface area (Å²) in [5.74, 6) is 1.59. The quantitative estimate of drug-likeness (QED) is 0.601. The predicted molar refractivity (Wildman–Crippen MR) is 99.1 cm³/mol. The summed E-state index contributed by atoms with van der Waals surface area (Å²) in [5.41, 5.74) is 14.0. The highest BCUT2D eigenvalue weighted by Gasteiger charge is 2.40. The van der Waals surface area contributed by atoms with Crippen molar-refractivity contribution in [3.8, 4) is 0 Å². The van der Waals surface area contributed by atoms with E-state index in [9.17, 15) is 0 Å². The minimum Gasteiger partial charge on any atom is -0.499 e. The summed E-state index contributed by atoms with van der Waals surface area (Å²) < 4.78 is 7.34. The summed E-state index contributed by atoms with van der Waals surface area (Å²) >= 11 is 0. The molecular weight excluding hydrogens is 332 g/mol. The first kappa shape index (κ1) is 17.7. The van der Waals surface area contributed by atoms with Gasteiger partial charge in [0.15, 0.2) is 5.82 Å². The number of hydrogen-bond donors (Lipinski definition) is 4. The molecule has 3 rings (SSSR count). The van der Waals surface area contributed by atoms with Gasteiger partial charge < -0.3 is 26.8 Å². The molecule has 0 saturated carbocycles. The minimum absolute atomic E-state index is 0.347. The average Bonchev–Trinajstić information content (AvgIpc) is 3.10. The molecule has 6 N–H and O–H groups in total. The lowest BCUT2D eigenvalue weighted by Crippen LogP contribution is -2.45. The van der Waals surface area contributed by atoms with Gasteiger partial charge in [0.2, 0.25) is 0 Å². The highest BCUT2D eigenvalue weighted by atomic mass is 16.5. The molecule has 0 saturated heterocycles. The van der Waals surface area contributed by atoms with Crippen molar-refractivity contribution < 1.29 is 4.74 Å². The van der Waals surface area contributed by atoms with Gasteiger partial charge >= 0.3 is 0 Å². The Balaban J connectivity index is 1.91. The predicted octanol–water partition coefficient (Wildman–Crippen LogP) is 0.914. The van der Waals surface area contributed by atoms with E-state index < -0.39 is 5.54 Å². The van der Waals surface area contributed by atoms with Crippen LogP contribution in [0.3, 0.4) is 0 Å². The van der Waals surface area contributed by atoms with Crippen molar-refractivity contribution in [2.45, 2.75) is 25.4 Å². The first-order chi connectivity index (χ1) is 12.5. The van der Waals surface area contributed by atoms with E-state index >= 15 is 0 Å². The lowest BCUT2D eigenvalue weighted by Gasteiger charge is -2.33. The zero-order valence-corrected chi connectivity index (χ0v) is 15.2. The fraction of sp³-hybridized carbons (Fsp3) is 0.353. The Kier molecular flexibility index (Phi) is 4.81. The van der Waals surface area contributed by atoms with Crippen LogP contribution in [0.25, 0.3) is 0 Å². The first-order valence-corrected chi connectivity index (χ1v) is 8.34. The van der Waals surface area contributed by atoms with Crippen molar-refractivity contribution in [1.29, 1.82) is 0 Å². The van der Waals surface area contributed by atoms with Crippen LogP contribution in [-0.2, 0) is 16.8 Å². The van der Waals surface area contributed by atoms with Crippen molar-refractivity contribution in [2.24, 2.45) is 11.5 Å². The number of anilines is 2. The summed E-state index contributed by atoms with van der Waals surface area (Å²) in [6.07, 6.45) is 7.43. The van der Waals surface area contributed by atoms with Crippen LogP contribution in [0.1, 0.15) is 19.2 Å². The number of hydrogen-bond acceptors (Lipinski definition) is 8. The number of likely N-dealkylation sites (N-methyl/N-ethyl adjacent to an activating group) is 1. The van der Waals surface area contributed by atoms with Gasteiger partial charge in [0.25, 0.3) is 0 Å². The Morgan fingerprint density at radius 3 is 2.88 bits per heavy atom. The molecule has 1 aliphatic carbocycles. The van der Waals surface area contributed by atoms with Crippen molar-refractivity contribution in [1.82, 2.24) is 25.1 Å². The molecule has 1 atom stereocenters. The van der Waals surface area contributed by atoms with Crippen molar-refractivity contribution in [3.05, 3.63) is 53.7 Å². The van der Waals surface area contributed by atoms with Gasteiger partial charge in [-0.3, -0.25) is 4.68 Å². The van der Waals surface area contributed by atoms with Crippen LogP contribution in [0.5, 0.6) is 0 Å². The minimum atomic E-state index is -1.04. The molecule has 26 heavy (non-hydrogen) atoms. The molecule has 9 nitrogen and oxygen atoms in total. The molecule has 0 bridgehead atoms. The van der Waals surface area contributed by atoms with Crippen molar-refractivity contribution >= 4 is 11.5 Å². The van der Waals surface area contributed by atoms with Gasteiger partial charge in [-0.1, -0.05) is 0 Å². The number of nitrogens with one attached hydrogen (secondary N) is 2. The number of ether oxygens (including phenoxy) is 1. The SMILES string of the molecule is CCn1cc(Nc2ccnc(C3(N)CC(N)=C(NC)C=C3OC)n2)cn1. The zero-order chi connectivity index (χ0) is 18.7. The Labute approximate surface area is 152 Å². The lowest BCUT2D eigenvalue weighted by atomic mass is 9.86. The standard InChI is InChI=1S/C17H24N8O/c1-4-25-10-11(9-22-25)23-15-5-6-21-16(24-15)17(19)8-12(18)13(20-2)7-14(17)26-3/h5-7,9-10,20H,4,8,18-19H2,1-3H3,(H,21,23,24). The monoisotopic (exact) mass is 356 g/mol. The summed E-state index contributed by atoms with van der Waals surface area (Å²) in [5, 5.41) is 10.5. The molecule has 138 valence electrons. The number of nitrogens with zero attached hydrogens (tertiary/aromatic N) is 4. The van der Waals surface area contributed by atoms with Crippen LogP contribution in [-0.4, -0.2) is 33.9 Å². The van der Waals surface area contributed by atoms with Crippen LogP contribution >= 0.6 is 0 Å². The van der Waals surface area contributed by atoms with E-state index in [4.69, 9.17) is 16.2 Å². The summed E-state index contributed by atoms with van der Waals surface area (Å²) in [6, 6.07) is 1.77. The van der Waals surface area contributed by atoms with Gasteiger partial charge in [-0.2, -0.15) is 5.10 Å². The van der Waals surface area contributed by atoms with Gasteiger partial charge in [0.1, 0.15) is 17.1 Å². The molecule has 0 amide bonds. The number of aromatic nitrogens is 4. The van der Waals surface area contributed by atoms with E-state index in [1.165, 1.54) is 0 Å². The topological polar surface area (TPSA) is 129 Å². The second kappa shape index (κ2) is 7.04. The van der Waals surface area contributed by atoms with Crippen LogP contribution in [0.15, 0.2) is 47.9 Å². The molecule has 0 aliphatic heterocycles. The Hall–Kier alpha value is -3.07. The fourth-order valence-electron chi connectivity index (χ4n) is 2.89. The van der Waals surface area contributed by atoms with E-state index in [1.807, 2.05) is 17.8 Å². The van der Waals surface area contributed by atoms with Gasteiger partial charge in [-0.25, -0.2) is 9.97 Å². The lowest BCUT2D eigenvalue weighted by molar-refractivity contribution is 0.209. The molecule has 9 heteroatoms. The average molecular weight is 356 g/mol. The van der Waals surface area contributed by atoms with Gasteiger partial charge in [0, 0.05) is 44.2 Å². The van der Waals surface area contributed by atoms with E-state index in [0.717, 1.165) is 17.9 Å². The third kappa shape index (κ3) is 3.21. The van der Waals surface area contributed by atoms with Crippen LogP contribution in [0.2, 0.25) is 0 Å². The number of rotatable bonds is 6. The fourth-order valence-corrected chi connectivity index (χ4v) is 2.89. The third-order valence-corrected chi connectivity index (χ3v) is 4.30. The van der Waals surface area contributed by atoms with Crippen molar-refractivity contribution in [2.75, 3.05) is 19.5 Å². The van der Waals surface area contributed by atoms with E-state index in [0.29, 0.717) is 29.5 Å². The van der Waals surface area contributed by atoms with E-state index in [-0.39, 0.29) is 0 Å². The molecule has 2 heterocycles. The largest absolute Gasteiger partial charge is 0.499 e. The van der Waals surface area contributed by atoms with Crippen LogP contribution in [0.4, 0.5) is 11.5 Å². The molecule has 0 fully saturated rings. The molecule has 0 spiro atoms. The highest BCUT2D eigenvalue weighted by molar-refractivity contribution is 5.54. The van der Waals surface area contributed by atoms with Crippen LogP contribution < -0.4 is 22.1 Å². The Bertz CT molecular complexity index is 856. The van der Waals surface area contributed by atoms with Gasteiger partial charge in [0.05, 0.1) is 24.7 Å².